The lowest BCUT2D eigenvalue weighted by atomic mass is 10.1. The number of hydrogen-bond acceptors (Lipinski definition) is 2. The van der Waals surface area contributed by atoms with Gasteiger partial charge in [0, 0.05) is 22.6 Å². The van der Waals surface area contributed by atoms with Crippen LogP contribution in [-0.2, 0) is 0 Å². The third kappa shape index (κ3) is 5.28. The second-order valence-corrected chi connectivity index (χ2v) is 6.47. The molecule has 1 aromatic carbocycles. The Bertz CT molecular complexity index is 456. The zero-order chi connectivity index (χ0) is 14.4. The van der Waals surface area contributed by atoms with Crippen LogP contribution in [0, 0.1) is 0 Å². The van der Waals surface area contributed by atoms with Crippen molar-refractivity contribution in [1.29, 1.82) is 0 Å². The minimum absolute atomic E-state index is 0.492. The molecule has 0 aliphatic rings. The minimum atomic E-state index is 0.492. The highest BCUT2D eigenvalue weighted by Gasteiger charge is 2.08. The summed E-state index contributed by atoms with van der Waals surface area (Å²) >= 11 is 7.05. The van der Waals surface area contributed by atoms with Crippen LogP contribution >= 0.6 is 31.9 Å². The van der Waals surface area contributed by atoms with Crippen molar-refractivity contribution in [3.05, 3.63) is 32.2 Å². The number of halogens is 2. The fourth-order valence-corrected chi connectivity index (χ4v) is 3.16. The first kappa shape index (κ1) is 16.7. The summed E-state index contributed by atoms with van der Waals surface area (Å²) < 4.78 is 7.47. The first-order valence-corrected chi connectivity index (χ1v) is 8.02. The lowest BCUT2D eigenvalue weighted by Crippen LogP contribution is -2.24. The Morgan fingerprint density at radius 2 is 2.05 bits per heavy atom. The normalized spacial score (nSPS) is 12.1. The average Bonchev–Trinajstić information content (AvgIpc) is 2.33. The number of benzene rings is 1. The van der Waals surface area contributed by atoms with Crippen molar-refractivity contribution in [2.24, 2.45) is 0 Å². The van der Waals surface area contributed by atoms with E-state index in [1.54, 1.807) is 7.11 Å². The van der Waals surface area contributed by atoms with Crippen LogP contribution < -0.4 is 10.1 Å². The Labute approximate surface area is 132 Å². The fourth-order valence-electron chi connectivity index (χ4n) is 1.74. The predicted octanol–water partition coefficient (Wildman–Crippen LogP) is 5.01. The molecule has 1 N–H and O–H groups in total. The highest BCUT2D eigenvalue weighted by atomic mass is 79.9. The average molecular weight is 391 g/mol. The summed E-state index contributed by atoms with van der Waals surface area (Å²) in [6.07, 6.45) is 3.22. The van der Waals surface area contributed by atoms with Gasteiger partial charge in [0.05, 0.1) is 11.6 Å². The molecule has 0 radical (unpaired) electrons. The Balaban J connectivity index is 3.06. The number of methoxy groups -OCH3 is 1. The first-order valence-electron chi connectivity index (χ1n) is 6.43. The Hall–Kier alpha value is -0.320. The van der Waals surface area contributed by atoms with Crippen LogP contribution in [0.1, 0.15) is 32.8 Å². The molecule has 0 bridgehead atoms. The fraction of sp³-hybridized carbons (Fsp3) is 0.467. The molecule has 0 saturated carbocycles. The van der Waals surface area contributed by atoms with Gasteiger partial charge in [0.15, 0.2) is 0 Å². The lowest BCUT2D eigenvalue weighted by molar-refractivity contribution is 0.411. The monoisotopic (exact) mass is 389 g/mol. The van der Waals surface area contributed by atoms with Gasteiger partial charge in [-0.25, -0.2) is 0 Å². The summed E-state index contributed by atoms with van der Waals surface area (Å²) in [6.45, 7) is 7.39. The molecule has 0 unspecified atom stereocenters. The summed E-state index contributed by atoms with van der Waals surface area (Å²) in [5.74, 6) is 0.874. The maximum absolute atomic E-state index is 5.47. The largest absolute Gasteiger partial charge is 0.495 e. The van der Waals surface area contributed by atoms with E-state index >= 15 is 0 Å². The van der Waals surface area contributed by atoms with Crippen LogP contribution in [0.4, 0.5) is 0 Å². The van der Waals surface area contributed by atoms with E-state index in [-0.39, 0.29) is 0 Å². The van der Waals surface area contributed by atoms with Crippen molar-refractivity contribution < 1.29 is 4.74 Å². The third-order valence-electron chi connectivity index (χ3n) is 2.79. The van der Waals surface area contributed by atoms with Gasteiger partial charge in [-0.1, -0.05) is 48.4 Å². The maximum Gasteiger partial charge on any atom is 0.140 e. The molecular weight excluding hydrogens is 370 g/mol. The van der Waals surface area contributed by atoms with Crippen LogP contribution in [0.2, 0.25) is 0 Å². The lowest BCUT2D eigenvalue weighted by Gasteiger charge is -2.13. The van der Waals surface area contributed by atoms with Crippen molar-refractivity contribution in [1.82, 2.24) is 5.32 Å². The standard InChI is InChI=1S/C15H21Br2NO/c1-5-11(9-18-10(2)3)6-12-7-13(16)8-14(17)15(12)19-4/h6-8,10,18H,5,9H2,1-4H3. The minimum Gasteiger partial charge on any atom is -0.495 e. The molecule has 4 heteroatoms. The van der Waals surface area contributed by atoms with E-state index in [1.165, 1.54) is 5.57 Å². The molecule has 2 nitrogen and oxygen atoms in total. The molecule has 0 amide bonds. The molecule has 0 aliphatic heterocycles. The van der Waals surface area contributed by atoms with Gasteiger partial charge in [0.2, 0.25) is 0 Å². The van der Waals surface area contributed by atoms with Gasteiger partial charge >= 0.3 is 0 Å². The smallest absolute Gasteiger partial charge is 0.140 e. The Kier molecular flexibility index (Phi) is 7.11. The van der Waals surface area contributed by atoms with Gasteiger partial charge in [-0.05, 0) is 34.5 Å². The second-order valence-electron chi connectivity index (χ2n) is 4.70. The van der Waals surface area contributed by atoms with E-state index in [2.05, 4.69) is 70.1 Å². The summed E-state index contributed by atoms with van der Waals surface area (Å²) in [7, 11) is 1.70. The van der Waals surface area contributed by atoms with Crippen LogP contribution in [-0.4, -0.2) is 19.7 Å². The van der Waals surface area contributed by atoms with Gasteiger partial charge in [0.25, 0.3) is 0 Å². The molecule has 19 heavy (non-hydrogen) atoms. The second kappa shape index (κ2) is 8.08. The molecule has 0 aliphatic carbocycles. The van der Waals surface area contributed by atoms with Crippen LogP contribution in [0.15, 0.2) is 26.7 Å². The molecule has 106 valence electrons. The molecule has 1 aromatic rings. The van der Waals surface area contributed by atoms with E-state index in [4.69, 9.17) is 4.74 Å². The highest BCUT2D eigenvalue weighted by molar-refractivity contribution is 9.11. The summed E-state index contributed by atoms with van der Waals surface area (Å²) in [6, 6.07) is 4.56. The van der Waals surface area contributed by atoms with E-state index in [0.29, 0.717) is 6.04 Å². The summed E-state index contributed by atoms with van der Waals surface area (Å²) in [4.78, 5) is 0. The molecule has 0 heterocycles. The number of rotatable bonds is 6. The topological polar surface area (TPSA) is 21.3 Å². The summed E-state index contributed by atoms with van der Waals surface area (Å²) in [5, 5.41) is 3.45. The molecule has 0 spiro atoms. The van der Waals surface area contributed by atoms with Gasteiger partial charge < -0.3 is 10.1 Å². The van der Waals surface area contributed by atoms with Gasteiger partial charge in [-0.15, -0.1) is 0 Å². The number of hydrogen-bond donors (Lipinski definition) is 1. The van der Waals surface area contributed by atoms with E-state index < -0.39 is 0 Å². The molecular formula is C15H21Br2NO. The van der Waals surface area contributed by atoms with Gasteiger partial charge in [0.1, 0.15) is 5.75 Å². The van der Waals surface area contributed by atoms with Crippen molar-refractivity contribution in [2.75, 3.05) is 13.7 Å². The van der Waals surface area contributed by atoms with Gasteiger partial charge in [-0.3, -0.25) is 0 Å². The molecule has 0 atom stereocenters. The maximum atomic E-state index is 5.47. The van der Waals surface area contributed by atoms with E-state index in [9.17, 15) is 0 Å². The molecule has 0 saturated heterocycles. The number of nitrogens with one attached hydrogen (secondary N) is 1. The highest BCUT2D eigenvalue weighted by Crippen LogP contribution is 2.34. The Morgan fingerprint density at radius 3 is 2.58 bits per heavy atom. The zero-order valence-electron chi connectivity index (χ0n) is 11.9. The van der Waals surface area contributed by atoms with Crippen LogP contribution in [0.25, 0.3) is 6.08 Å². The van der Waals surface area contributed by atoms with E-state index in [1.807, 2.05) is 6.07 Å². The van der Waals surface area contributed by atoms with Crippen molar-refractivity contribution >= 4 is 37.9 Å². The molecule has 1 rings (SSSR count). The third-order valence-corrected chi connectivity index (χ3v) is 3.84. The molecule has 0 fully saturated rings. The number of ether oxygens (including phenoxy) is 1. The van der Waals surface area contributed by atoms with Crippen molar-refractivity contribution in [3.63, 3.8) is 0 Å². The molecule has 0 aromatic heterocycles. The van der Waals surface area contributed by atoms with Crippen LogP contribution in [0.5, 0.6) is 5.75 Å². The van der Waals surface area contributed by atoms with Crippen LogP contribution in [0.3, 0.4) is 0 Å². The Morgan fingerprint density at radius 1 is 1.37 bits per heavy atom. The quantitative estimate of drug-likeness (QED) is 0.736. The van der Waals surface area contributed by atoms with Crippen molar-refractivity contribution in [3.8, 4) is 5.75 Å². The SMILES string of the molecule is CCC(=Cc1cc(Br)cc(Br)c1OC)CNC(C)C. The van der Waals surface area contributed by atoms with Gasteiger partial charge in [-0.2, -0.15) is 0 Å². The first-order chi connectivity index (χ1) is 8.97. The predicted molar refractivity (Wildman–Crippen MR) is 89.8 cm³/mol. The zero-order valence-corrected chi connectivity index (χ0v) is 15.1. The summed E-state index contributed by atoms with van der Waals surface area (Å²) in [5.41, 5.74) is 2.45. The van der Waals surface area contributed by atoms with E-state index in [0.717, 1.165) is 33.2 Å². The van der Waals surface area contributed by atoms with Crippen molar-refractivity contribution in [2.45, 2.75) is 33.2 Å².